The third kappa shape index (κ3) is 4.86. The summed E-state index contributed by atoms with van der Waals surface area (Å²) in [6, 6.07) is 16.7. The van der Waals surface area contributed by atoms with Crippen LogP contribution in [0.5, 0.6) is 5.75 Å². The SMILES string of the molecule is CC(c1ccccc1)N(Cc1ccccc1O)C(=O)CC1CCNCC1F. The molecule has 0 aliphatic carbocycles. The van der Waals surface area contributed by atoms with Gasteiger partial charge in [-0.1, -0.05) is 48.5 Å². The largest absolute Gasteiger partial charge is 0.508 e. The zero-order chi connectivity index (χ0) is 19.2. The maximum atomic E-state index is 14.2. The third-order valence-electron chi connectivity index (χ3n) is 5.38. The molecular formula is C22H27FN2O2. The first-order valence-electron chi connectivity index (χ1n) is 9.52. The number of aromatic hydroxyl groups is 1. The molecule has 1 saturated heterocycles. The monoisotopic (exact) mass is 370 g/mol. The van der Waals surface area contributed by atoms with Crippen LogP contribution in [0.1, 0.15) is 36.9 Å². The van der Waals surface area contributed by atoms with E-state index in [-0.39, 0.29) is 30.0 Å². The fraction of sp³-hybridized carbons (Fsp3) is 0.409. The van der Waals surface area contributed by atoms with E-state index >= 15 is 0 Å². The van der Waals surface area contributed by atoms with Gasteiger partial charge in [0.25, 0.3) is 0 Å². The molecule has 2 aromatic rings. The number of benzene rings is 2. The second-order valence-electron chi connectivity index (χ2n) is 7.21. The van der Waals surface area contributed by atoms with Gasteiger partial charge in [0.2, 0.25) is 5.91 Å². The minimum absolute atomic E-state index is 0.0795. The molecule has 3 rings (SSSR count). The molecule has 1 heterocycles. The molecule has 27 heavy (non-hydrogen) atoms. The normalized spacial score (nSPS) is 20.8. The summed E-state index contributed by atoms with van der Waals surface area (Å²) >= 11 is 0. The fourth-order valence-electron chi connectivity index (χ4n) is 3.63. The number of hydrogen-bond donors (Lipinski definition) is 2. The van der Waals surface area contributed by atoms with Gasteiger partial charge in [-0.3, -0.25) is 4.79 Å². The Hall–Kier alpha value is -2.40. The molecule has 1 aliphatic heterocycles. The zero-order valence-corrected chi connectivity index (χ0v) is 15.6. The number of rotatable bonds is 6. The molecule has 5 heteroatoms. The summed E-state index contributed by atoms with van der Waals surface area (Å²) in [5.74, 6) is -0.168. The number of amides is 1. The lowest BCUT2D eigenvalue weighted by molar-refractivity contribution is -0.136. The number of piperidine rings is 1. The second kappa shape index (κ2) is 9.00. The van der Waals surface area contributed by atoms with Crippen molar-refractivity contribution in [3.05, 3.63) is 65.7 Å². The molecular weight excluding hydrogens is 343 g/mol. The molecule has 0 saturated carbocycles. The molecule has 144 valence electrons. The van der Waals surface area contributed by atoms with E-state index < -0.39 is 6.17 Å². The highest BCUT2D eigenvalue weighted by Crippen LogP contribution is 2.29. The summed E-state index contributed by atoms with van der Waals surface area (Å²) < 4.78 is 14.2. The highest BCUT2D eigenvalue weighted by Gasteiger charge is 2.30. The van der Waals surface area contributed by atoms with Crippen molar-refractivity contribution in [3.63, 3.8) is 0 Å². The molecule has 1 fully saturated rings. The van der Waals surface area contributed by atoms with Crippen LogP contribution < -0.4 is 5.32 Å². The van der Waals surface area contributed by atoms with Crippen molar-refractivity contribution in [3.8, 4) is 5.75 Å². The molecule has 2 N–H and O–H groups in total. The van der Waals surface area contributed by atoms with E-state index in [1.807, 2.05) is 49.4 Å². The Morgan fingerprint density at radius 3 is 2.63 bits per heavy atom. The van der Waals surface area contributed by atoms with Gasteiger partial charge in [0.05, 0.1) is 6.04 Å². The van der Waals surface area contributed by atoms with Gasteiger partial charge in [-0.05, 0) is 31.5 Å². The Morgan fingerprint density at radius 2 is 1.93 bits per heavy atom. The first-order chi connectivity index (χ1) is 13.1. The number of carbonyl (C=O) groups excluding carboxylic acids is 1. The van der Waals surface area contributed by atoms with Crippen LogP contribution in [0.15, 0.2) is 54.6 Å². The van der Waals surface area contributed by atoms with Crippen molar-refractivity contribution < 1.29 is 14.3 Å². The molecule has 1 amide bonds. The third-order valence-corrected chi connectivity index (χ3v) is 5.38. The molecule has 0 bridgehead atoms. The van der Waals surface area contributed by atoms with Crippen LogP contribution in [-0.4, -0.2) is 35.2 Å². The molecule has 1 aliphatic rings. The molecule has 0 spiro atoms. The van der Waals surface area contributed by atoms with Crippen molar-refractivity contribution in [1.82, 2.24) is 10.2 Å². The van der Waals surface area contributed by atoms with Crippen LogP contribution in [0.2, 0.25) is 0 Å². The molecule has 0 aromatic heterocycles. The van der Waals surface area contributed by atoms with Gasteiger partial charge in [0.1, 0.15) is 11.9 Å². The first kappa shape index (κ1) is 19.4. The summed E-state index contributed by atoms with van der Waals surface area (Å²) in [6.45, 7) is 3.32. The van der Waals surface area contributed by atoms with Gasteiger partial charge in [0.15, 0.2) is 0 Å². The summed E-state index contributed by atoms with van der Waals surface area (Å²) in [5.41, 5.74) is 1.71. The van der Waals surface area contributed by atoms with Crippen molar-refractivity contribution in [2.45, 2.75) is 38.5 Å². The van der Waals surface area contributed by atoms with E-state index in [4.69, 9.17) is 0 Å². The number of nitrogens with zero attached hydrogens (tertiary/aromatic N) is 1. The quantitative estimate of drug-likeness (QED) is 0.813. The summed E-state index contributed by atoms with van der Waals surface area (Å²) in [7, 11) is 0. The lowest BCUT2D eigenvalue weighted by Gasteiger charge is -2.33. The topological polar surface area (TPSA) is 52.6 Å². The smallest absolute Gasteiger partial charge is 0.223 e. The minimum atomic E-state index is -0.998. The number of alkyl halides is 1. The minimum Gasteiger partial charge on any atom is -0.508 e. The standard InChI is InChI=1S/C22H27FN2O2/c1-16(17-7-3-2-4-8-17)25(15-19-9-5-6-10-21(19)26)22(27)13-18-11-12-24-14-20(18)23/h2-10,16,18,20,24,26H,11-15H2,1H3. The van der Waals surface area contributed by atoms with E-state index in [1.54, 1.807) is 17.0 Å². The summed E-state index contributed by atoms with van der Waals surface area (Å²) in [6.07, 6.45) is -0.147. The number of nitrogens with one attached hydrogen (secondary N) is 1. The molecule has 3 unspecified atom stereocenters. The van der Waals surface area contributed by atoms with Crippen LogP contribution in [-0.2, 0) is 11.3 Å². The van der Waals surface area contributed by atoms with Crippen LogP contribution in [0, 0.1) is 5.92 Å². The number of phenolic OH excluding ortho intramolecular Hbond substituents is 1. The van der Waals surface area contributed by atoms with Gasteiger partial charge in [-0.15, -0.1) is 0 Å². The van der Waals surface area contributed by atoms with Crippen molar-refractivity contribution in [2.24, 2.45) is 5.92 Å². The number of halogens is 1. The van der Waals surface area contributed by atoms with Gasteiger partial charge >= 0.3 is 0 Å². The summed E-state index contributed by atoms with van der Waals surface area (Å²) in [4.78, 5) is 14.9. The predicted molar refractivity (Wildman–Crippen MR) is 104 cm³/mol. The Labute approximate surface area is 160 Å². The predicted octanol–water partition coefficient (Wildman–Crippen LogP) is 3.82. The van der Waals surface area contributed by atoms with Crippen molar-refractivity contribution in [1.29, 1.82) is 0 Å². The van der Waals surface area contributed by atoms with E-state index in [2.05, 4.69) is 5.32 Å². The fourth-order valence-corrected chi connectivity index (χ4v) is 3.63. The van der Waals surface area contributed by atoms with Crippen LogP contribution in [0.4, 0.5) is 4.39 Å². The summed E-state index contributed by atoms with van der Waals surface area (Å²) in [5, 5.41) is 13.2. The highest BCUT2D eigenvalue weighted by molar-refractivity contribution is 5.77. The number of carbonyl (C=O) groups is 1. The Balaban J connectivity index is 1.82. The Bertz CT molecular complexity index is 753. The van der Waals surface area contributed by atoms with Gasteiger partial charge in [0, 0.05) is 31.0 Å². The lowest BCUT2D eigenvalue weighted by atomic mass is 9.91. The number of para-hydroxylation sites is 1. The van der Waals surface area contributed by atoms with E-state index in [0.717, 1.165) is 12.1 Å². The molecule has 4 nitrogen and oxygen atoms in total. The maximum absolute atomic E-state index is 14.2. The average molecular weight is 370 g/mol. The lowest BCUT2D eigenvalue weighted by Crippen LogP contribution is -2.41. The Morgan fingerprint density at radius 1 is 1.22 bits per heavy atom. The Kier molecular flexibility index (Phi) is 6.45. The average Bonchev–Trinajstić information content (AvgIpc) is 2.69. The van der Waals surface area contributed by atoms with Crippen LogP contribution in [0.25, 0.3) is 0 Å². The van der Waals surface area contributed by atoms with Crippen LogP contribution in [0.3, 0.4) is 0 Å². The van der Waals surface area contributed by atoms with Crippen molar-refractivity contribution >= 4 is 5.91 Å². The second-order valence-corrected chi connectivity index (χ2v) is 7.21. The van der Waals surface area contributed by atoms with Crippen LogP contribution >= 0.6 is 0 Å². The molecule has 2 aromatic carbocycles. The van der Waals surface area contributed by atoms with Crippen molar-refractivity contribution in [2.75, 3.05) is 13.1 Å². The van der Waals surface area contributed by atoms with E-state index in [9.17, 15) is 14.3 Å². The zero-order valence-electron chi connectivity index (χ0n) is 15.6. The van der Waals surface area contributed by atoms with E-state index in [1.165, 1.54) is 0 Å². The first-order valence-corrected chi connectivity index (χ1v) is 9.52. The van der Waals surface area contributed by atoms with Gasteiger partial charge < -0.3 is 15.3 Å². The maximum Gasteiger partial charge on any atom is 0.223 e. The highest BCUT2D eigenvalue weighted by atomic mass is 19.1. The molecule has 3 atom stereocenters. The molecule has 0 radical (unpaired) electrons. The number of phenols is 1. The van der Waals surface area contributed by atoms with E-state index in [0.29, 0.717) is 25.1 Å². The van der Waals surface area contributed by atoms with Gasteiger partial charge in [-0.25, -0.2) is 4.39 Å². The number of hydrogen-bond acceptors (Lipinski definition) is 3. The van der Waals surface area contributed by atoms with Gasteiger partial charge in [-0.2, -0.15) is 0 Å².